The van der Waals surface area contributed by atoms with Gasteiger partial charge in [-0.2, -0.15) is 0 Å². The highest BCUT2D eigenvalue weighted by molar-refractivity contribution is 5.81. The summed E-state index contributed by atoms with van der Waals surface area (Å²) in [6, 6.07) is 0.304. The summed E-state index contributed by atoms with van der Waals surface area (Å²) >= 11 is 0. The second-order valence-electron chi connectivity index (χ2n) is 5.00. The highest BCUT2D eigenvalue weighted by atomic mass is 16.2. The van der Waals surface area contributed by atoms with Crippen LogP contribution in [0.3, 0.4) is 0 Å². The van der Waals surface area contributed by atoms with Gasteiger partial charge in [-0.25, -0.2) is 0 Å². The van der Waals surface area contributed by atoms with E-state index in [1.165, 1.54) is 0 Å². The molecule has 0 aromatic rings. The summed E-state index contributed by atoms with van der Waals surface area (Å²) in [5.74, 6) is 1.17. The smallest absolute Gasteiger partial charge is 0.236 e. The van der Waals surface area contributed by atoms with E-state index < -0.39 is 0 Å². The first kappa shape index (κ1) is 14.4. The number of hydrogen-bond donors (Lipinski definition) is 2. The number of nitrogens with one attached hydrogen (secondary N) is 2. The summed E-state index contributed by atoms with van der Waals surface area (Å²) in [4.78, 5) is 11.6. The number of carbonyl (C=O) groups is 1. The van der Waals surface area contributed by atoms with Crippen molar-refractivity contribution in [2.75, 3.05) is 7.05 Å². The van der Waals surface area contributed by atoms with Crippen LogP contribution in [0, 0.1) is 11.8 Å². The Bertz CT molecular complexity index is 190. The van der Waals surface area contributed by atoms with Gasteiger partial charge in [0.25, 0.3) is 0 Å². The predicted molar refractivity (Wildman–Crippen MR) is 64.7 cm³/mol. The predicted octanol–water partition coefficient (Wildman–Crippen LogP) is 1.78. The Morgan fingerprint density at radius 1 is 1.13 bits per heavy atom. The molecule has 2 atom stereocenters. The lowest BCUT2D eigenvalue weighted by Crippen LogP contribution is -2.48. The van der Waals surface area contributed by atoms with Crippen molar-refractivity contribution in [1.29, 1.82) is 0 Å². The molecule has 3 heteroatoms. The number of amides is 1. The Kier molecular flexibility index (Phi) is 6.57. The van der Waals surface area contributed by atoms with Crippen molar-refractivity contribution in [2.45, 2.75) is 53.1 Å². The van der Waals surface area contributed by atoms with Gasteiger partial charge in [0.15, 0.2) is 0 Å². The molecule has 3 nitrogen and oxygen atoms in total. The zero-order valence-electron chi connectivity index (χ0n) is 10.9. The molecule has 0 spiro atoms. The summed E-state index contributed by atoms with van der Waals surface area (Å²) in [7, 11) is 1.69. The van der Waals surface area contributed by atoms with Crippen LogP contribution in [0.5, 0.6) is 0 Å². The molecular weight excluding hydrogens is 188 g/mol. The number of hydrogen-bond acceptors (Lipinski definition) is 2. The standard InChI is InChI=1S/C12H26N2O/c1-8(2)7-11(12(15)13-6)14-10(5)9(3)4/h8-11,14H,7H2,1-6H3,(H,13,15). The van der Waals surface area contributed by atoms with Gasteiger partial charge in [-0.05, 0) is 25.2 Å². The van der Waals surface area contributed by atoms with Crippen LogP contribution >= 0.6 is 0 Å². The molecule has 0 saturated heterocycles. The molecule has 1 amide bonds. The van der Waals surface area contributed by atoms with Crippen molar-refractivity contribution in [1.82, 2.24) is 10.6 Å². The van der Waals surface area contributed by atoms with Gasteiger partial charge in [0.2, 0.25) is 5.91 Å². The van der Waals surface area contributed by atoms with Crippen LogP contribution in [0.2, 0.25) is 0 Å². The molecular formula is C12H26N2O. The van der Waals surface area contributed by atoms with Crippen molar-refractivity contribution in [3.8, 4) is 0 Å². The monoisotopic (exact) mass is 214 g/mol. The third-order valence-electron chi connectivity index (χ3n) is 2.73. The Labute approximate surface area is 94.0 Å². The minimum atomic E-state index is -0.0626. The fourth-order valence-corrected chi connectivity index (χ4v) is 1.41. The normalized spacial score (nSPS) is 15.5. The summed E-state index contributed by atoms with van der Waals surface area (Å²) in [5, 5.41) is 6.10. The lowest BCUT2D eigenvalue weighted by atomic mass is 9.99. The molecule has 0 heterocycles. The van der Waals surface area contributed by atoms with E-state index in [1.54, 1.807) is 7.05 Å². The van der Waals surface area contributed by atoms with E-state index in [2.05, 4.69) is 45.3 Å². The van der Waals surface area contributed by atoms with Crippen molar-refractivity contribution in [3.05, 3.63) is 0 Å². The molecule has 0 aromatic carbocycles. The number of likely N-dealkylation sites (N-methyl/N-ethyl adjacent to an activating group) is 1. The molecule has 2 unspecified atom stereocenters. The largest absolute Gasteiger partial charge is 0.358 e. The van der Waals surface area contributed by atoms with Gasteiger partial charge in [0.05, 0.1) is 6.04 Å². The fourth-order valence-electron chi connectivity index (χ4n) is 1.41. The van der Waals surface area contributed by atoms with Gasteiger partial charge in [0.1, 0.15) is 0 Å². The average molecular weight is 214 g/mol. The summed E-state index contributed by atoms with van der Waals surface area (Å²) in [6.45, 7) is 10.7. The van der Waals surface area contributed by atoms with E-state index in [4.69, 9.17) is 0 Å². The van der Waals surface area contributed by atoms with Crippen molar-refractivity contribution < 1.29 is 4.79 Å². The third kappa shape index (κ3) is 5.78. The first-order chi connectivity index (χ1) is 6.88. The van der Waals surface area contributed by atoms with Crippen LogP contribution in [0.1, 0.15) is 41.0 Å². The minimum absolute atomic E-state index is 0.0626. The quantitative estimate of drug-likeness (QED) is 0.707. The maximum atomic E-state index is 11.6. The van der Waals surface area contributed by atoms with E-state index in [9.17, 15) is 4.79 Å². The van der Waals surface area contributed by atoms with Crippen LogP contribution in [-0.2, 0) is 4.79 Å². The maximum Gasteiger partial charge on any atom is 0.236 e. The molecule has 0 fully saturated rings. The van der Waals surface area contributed by atoms with Crippen LogP contribution in [0.25, 0.3) is 0 Å². The zero-order valence-corrected chi connectivity index (χ0v) is 10.9. The molecule has 0 aliphatic heterocycles. The van der Waals surface area contributed by atoms with E-state index >= 15 is 0 Å². The van der Waals surface area contributed by atoms with Crippen LogP contribution in [0.4, 0.5) is 0 Å². The molecule has 0 bridgehead atoms. The SMILES string of the molecule is CNC(=O)C(CC(C)C)NC(C)C(C)C. The van der Waals surface area contributed by atoms with E-state index in [1.807, 2.05) is 0 Å². The van der Waals surface area contributed by atoms with Gasteiger partial charge in [-0.1, -0.05) is 27.7 Å². The summed E-state index contributed by atoms with van der Waals surface area (Å²) < 4.78 is 0. The topological polar surface area (TPSA) is 41.1 Å². The average Bonchev–Trinajstić information content (AvgIpc) is 2.14. The molecule has 0 aromatic heterocycles. The van der Waals surface area contributed by atoms with E-state index in [0.29, 0.717) is 17.9 Å². The fraction of sp³-hybridized carbons (Fsp3) is 0.917. The van der Waals surface area contributed by atoms with Crippen molar-refractivity contribution in [2.24, 2.45) is 11.8 Å². The molecule has 15 heavy (non-hydrogen) atoms. The number of rotatable bonds is 6. The first-order valence-electron chi connectivity index (χ1n) is 5.86. The minimum Gasteiger partial charge on any atom is -0.358 e. The molecule has 0 rings (SSSR count). The molecule has 0 radical (unpaired) electrons. The second-order valence-corrected chi connectivity index (χ2v) is 5.00. The van der Waals surface area contributed by atoms with E-state index in [-0.39, 0.29) is 11.9 Å². The van der Waals surface area contributed by atoms with Crippen molar-refractivity contribution in [3.63, 3.8) is 0 Å². The lowest BCUT2D eigenvalue weighted by Gasteiger charge is -2.25. The molecule has 0 aliphatic rings. The molecule has 90 valence electrons. The Morgan fingerprint density at radius 3 is 2.00 bits per heavy atom. The molecule has 2 N–H and O–H groups in total. The van der Waals surface area contributed by atoms with Gasteiger partial charge < -0.3 is 10.6 Å². The number of carbonyl (C=O) groups excluding carboxylic acids is 1. The molecule has 0 aliphatic carbocycles. The maximum absolute atomic E-state index is 11.6. The Balaban J connectivity index is 4.30. The van der Waals surface area contributed by atoms with Gasteiger partial charge in [0, 0.05) is 13.1 Å². The third-order valence-corrected chi connectivity index (χ3v) is 2.73. The van der Waals surface area contributed by atoms with Crippen LogP contribution in [0.15, 0.2) is 0 Å². The summed E-state index contributed by atoms with van der Waals surface area (Å²) in [6.07, 6.45) is 0.886. The first-order valence-corrected chi connectivity index (χ1v) is 5.86. The van der Waals surface area contributed by atoms with Crippen LogP contribution in [-0.4, -0.2) is 25.0 Å². The van der Waals surface area contributed by atoms with E-state index in [0.717, 1.165) is 6.42 Å². The van der Waals surface area contributed by atoms with Gasteiger partial charge >= 0.3 is 0 Å². The second kappa shape index (κ2) is 6.83. The highest BCUT2D eigenvalue weighted by Gasteiger charge is 2.21. The lowest BCUT2D eigenvalue weighted by molar-refractivity contribution is -0.123. The Morgan fingerprint density at radius 2 is 1.67 bits per heavy atom. The molecule has 0 saturated carbocycles. The van der Waals surface area contributed by atoms with Gasteiger partial charge in [-0.3, -0.25) is 4.79 Å². The Hall–Kier alpha value is -0.570. The highest BCUT2D eigenvalue weighted by Crippen LogP contribution is 2.08. The van der Waals surface area contributed by atoms with Crippen molar-refractivity contribution >= 4 is 5.91 Å². The zero-order chi connectivity index (χ0) is 12.0. The van der Waals surface area contributed by atoms with Crippen LogP contribution < -0.4 is 10.6 Å². The summed E-state index contributed by atoms with van der Waals surface area (Å²) in [5.41, 5.74) is 0. The van der Waals surface area contributed by atoms with Gasteiger partial charge in [-0.15, -0.1) is 0 Å².